The number of hydrogen-bond acceptors (Lipinski definition) is 2. The lowest BCUT2D eigenvalue weighted by atomic mass is 10.0. The van der Waals surface area contributed by atoms with Gasteiger partial charge in [-0.3, -0.25) is 0 Å². The standard InChI is InChI=1S/C27H54N2/c1-4-7-9-10-11-12-13-14-15-16-17-18-19-20-22-27-28(23-6-3)25-26-29(27)24-21-8-5-2/h25-27H,4-24H2,1-3H3. The van der Waals surface area contributed by atoms with Gasteiger partial charge in [-0.1, -0.05) is 117 Å². The molecule has 2 heteroatoms. The van der Waals surface area contributed by atoms with E-state index in [1.54, 1.807) is 0 Å². The van der Waals surface area contributed by atoms with E-state index in [4.69, 9.17) is 0 Å². The third kappa shape index (κ3) is 13.3. The van der Waals surface area contributed by atoms with Crippen LogP contribution in [0.2, 0.25) is 0 Å². The maximum absolute atomic E-state index is 2.62. The van der Waals surface area contributed by atoms with Crippen molar-refractivity contribution in [3.05, 3.63) is 12.4 Å². The van der Waals surface area contributed by atoms with Crippen LogP contribution < -0.4 is 0 Å². The molecule has 0 aromatic carbocycles. The highest BCUT2D eigenvalue weighted by Crippen LogP contribution is 2.23. The SMILES string of the molecule is CCCCCCCCCCCCCCCCC1N(CCC)C=CN1CCCCC. The Labute approximate surface area is 184 Å². The summed E-state index contributed by atoms with van der Waals surface area (Å²) in [5, 5.41) is 0. The lowest BCUT2D eigenvalue weighted by molar-refractivity contribution is 0.137. The minimum absolute atomic E-state index is 0.643. The smallest absolute Gasteiger partial charge is 0.101 e. The summed E-state index contributed by atoms with van der Waals surface area (Å²) in [5.41, 5.74) is 0. The first-order chi connectivity index (χ1) is 14.3. The third-order valence-corrected chi connectivity index (χ3v) is 6.53. The molecule has 0 N–H and O–H groups in total. The largest absolute Gasteiger partial charge is 0.356 e. The number of unbranched alkanes of at least 4 members (excludes halogenated alkanes) is 15. The maximum Gasteiger partial charge on any atom is 0.101 e. The van der Waals surface area contributed by atoms with Crippen LogP contribution in [0.4, 0.5) is 0 Å². The van der Waals surface area contributed by atoms with E-state index in [0.29, 0.717) is 6.17 Å². The zero-order valence-corrected chi connectivity index (χ0v) is 20.5. The van der Waals surface area contributed by atoms with Gasteiger partial charge in [-0.2, -0.15) is 0 Å². The molecule has 0 aliphatic carbocycles. The van der Waals surface area contributed by atoms with Crippen LogP contribution in [0.25, 0.3) is 0 Å². The van der Waals surface area contributed by atoms with Gasteiger partial charge in [0.15, 0.2) is 0 Å². The molecule has 0 fully saturated rings. The fourth-order valence-corrected chi connectivity index (χ4v) is 4.66. The lowest BCUT2D eigenvalue weighted by Gasteiger charge is -2.33. The topological polar surface area (TPSA) is 6.48 Å². The molecule has 0 aromatic heterocycles. The molecule has 1 unspecified atom stereocenters. The second-order valence-corrected chi connectivity index (χ2v) is 9.35. The summed E-state index contributed by atoms with van der Waals surface area (Å²) >= 11 is 0. The predicted octanol–water partition coefficient (Wildman–Crippen LogP) is 8.87. The fourth-order valence-electron chi connectivity index (χ4n) is 4.66. The second kappa shape index (κ2) is 19.3. The van der Waals surface area contributed by atoms with Gasteiger partial charge in [-0.05, 0) is 25.7 Å². The van der Waals surface area contributed by atoms with Crippen LogP contribution in [0.5, 0.6) is 0 Å². The monoisotopic (exact) mass is 406 g/mol. The molecule has 0 aromatic rings. The third-order valence-electron chi connectivity index (χ3n) is 6.53. The Morgan fingerprint density at radius 3 is 1.34 bits per heavy atom. The molecule has 0 bridgehead atoms. The minimum atomic E-state index is 0.643. The van der Waals surface area contributed by atoms with Gasteiger partial charge < -0.3 is 9.80 Å². The first-order valence-corrected chi connectivity index (χ1v) is 13.5. The quantitative estimate of drug-likeness (QED) is 0.176. The summed E-state index contributed by atoms with van der Waals surface area (Å²) in [4.78, 5) is 5.21. The summed E-state index contributed by atoms with van der Waals surface area (Å²) in [6.45, 7) is 9.36. The van der Waals surface area contributed by atoms with Crippen molar-refractivity contribution in [1.29, 1.82) is 0 Å². The van der Waals surface area contributed by atoms with E-state index in [2.05, 4.69) is 43.0 Å². The van der Waals surface area contributed by atoms with Crippen molar-refractivity contribution in [2.24, 2.45) is 0 Å². The molecule has 0 saturated carbocycles. The van der Waals surface area contributed by atoms with Gasteiger partial charge in [0.05, 0.1) is 0 Å². The Morgan fingerprint density at radius 1 is 0.448 bits per heavy atom. The summed E-state index contributed by atoms with van der Waals surface area (Å²) in [5.74, 6) is 0. The molecule has 1 aliphatic rings. The van der Waals surface area contributed by atoms with Crippen molar-refractivity contribution >= 4 is 0 Å². The van der Waals surface area contributed by atoms with Crippen LogP contribution >= 0.6 is 0 Å². The number of hydrogen-bond donors (Lipinski definition) is 0. The molecule has 1 atom stereocenters. The van der Waals surface area contributed by atoms with Crippen LogP contribution in [0.1, 0.15) is 143 Å². The highest BCUT2D eigenvalue weighted by Gasteiger charge is 2.24. The molecule has 0 amide bonds. The molecular weight excluding hydrogens is 352 g/mol. The average molecular weight is 407 g/mol. The predicted molar refractivity (Wildman–Crippen MR) is 131 cm³/mol. The normalized spacial score (nSPS) is 16.3. The fraction of sp³-hybridized carbons (Fsp3) is 0.926. The molecule has 172 valence electrons. The van der Waals surface area contributed by atoms with Gasteiger partial charge in [0.2, 0.25) is 0 Å². The summed E-state index contributed by atoms with van der Waals surface area (Å²) in [7, 11) is 0. The van der Waals surface area contributed by atoms with E-state index in [1.165, 1.54) is 135 Å². The van der Waals surface area contributed by atoms with Crippen molar-refractivity contribution in [3.8, 4) is 0 Å². The Bertz CT molecular complexity index is 366. The van der Waals surface area contributed by atoms with E-state index < -0.39 is 0 Å². The van der Waals surface area contributed by atoms with E-state index in [1.807, 2.05) is 0 Å². The minimum Gasteiger partial charge on any atom is -0.356 e. The summed E-state index contributed by atoms with van der Waals surface area (Å²) in [6, 6.07) is 0. The van der Waals surface area contributed by atoms with Crippen molar-refractivity contribution in [2.45, 2.75) is 149 Å². The Morgan fingerprint density at radius 2 is 0.862 bits per heavy atom. The van der Waals surface area contributed by atoms with E-state index in [0.717, 1.165) is 0 Å². The zero-order valence-electron chi connectivity index (χ0n) is 20.5. The van der Waals surface area contributed by atoms with Crippen molar-refractivity contribution in [3.63, 3.8) is 0 Å². The molecule has 2 nitrogen and oxygen atoms in total. The second-order valence-electron chi connectivity index (χ2n) is 9.35. The molecule has 1 rings (SSSR count). The van der Waals surface area contributed by atoms with Gasteiger partial charge in [0.25, 0.3) is 0 Å². The lowest BCUT2D eigenvalue weighted by Crippen LogP contribution is -2.39. The van der Waals surface area contributed by atoms with Crippen LogP contribution in [-0.4, -0.2) is 29.1 Å². The molecule has 0 spiro atoms. The molecule has 1 heterocycles. The maximum atomic E-state index is 2.62. The number of rotatable bonds is 21. The Balaban J connectivity index is 1.99. The first-order valence-electron chi connectivity index (χ1n) is 13.5. The van der Waals surface area contributed by atoms with Crippen molar-refractivity contribution < 1.29 is 0 Å². The van der Waals surface area contributed by atoms with Gasteiger partial charge in [0.1, 0.15) is 6.17 Å². The Hall–Kier alpha value is -0.660. The highest BCUT2D eigenvalue weighted by atomic mass is 15.4. The van der Waals surface area contributed by atoms with Crippen LogP contribution in [0.15, 0.2) is 12.4 Å². The summed E-state index contributed by atoms with van der Waals surface area (Å²) < 4.78 is 0. The van der Waals surface area contributed by atoms with E-state index >= 15 is 0 Å². The molecule has 0 saturated heterocycles. The summed E-state index contributed by atoms with van der Waals surface area (Å²) in [6.07, 6.45) is 32.3. The number of nitrogens with zero attached hydrogens (tertiary/aromatic N) is 2. The van der Waals surface area contributed by atoms with Crippen molar-refractivity contribution in [1.82, 2.24) is 9.80 Å². The highest BCUT2D eigenvalue weighted by molar-refractivity contribution is 4.96. The Kier molecular flexibility index (Phi) is 17.6. The van der Waals surface area contributed by atoms with Crippen LogP contribution in [0, 0.1) is 0 Å². The molecule has 1 aliphatic heterocycles. The van der Waals surface area contributed by atoms with E-state index in [-0.39, 0.29) is 0 Å². The average Bonchev–Trinajstić information content (AvgIpc) is 3.10. The molecular formula is C27H54N2. The molecule has 0 radical (unpaired) electrons. The van der Waals surface area contributed by atoms with Gasteiger partial charge in [-0.25, -0.2) is 0 Å². The van der Waals surface area contributed by atoms with Crippen LogP contribution in [-0.2, 0) is 0 Å². The zero-order chi connectivity index (χ0) is 21.0. The van der Waals surface area contributed by atoms with Crippen LogP contribution in [0.3, 0.4) is 0 Å². The molecule has 29 heavy (non-hydrogen) atoms. The van der Waals surface area contributed by atoms with Crippen molar-refractivity contribution in [2.75, 3.05) is 13.1 Å². The van der Waals surface area contributed by atoms with Gasteiger partial charge >= 0.3 is 0 Å². The van der Waals surface area contributed by atoms with E-state index in [9.17, 15) is 0 Å². The first kappa shape index (κ1) is 26.4. The van der Waals surface area contributed by atoms with Gasteiger partial charge in [-0.15, -0.1) is 0 Å². The van der Waals surface area contributed by atoms with Gasteiger partial charge in [0, 0.05) is 25.5 Å².